The SMILES string of the molecule is CNCCCCCN1CC=C(C)CC1. The quantitative estimate of drug-likeness (QED) is 0.516. The maximum Gasteiger partial charge on any atom is 0.0165 e. The Morgan fingerprint density at radius 2 is 2.21 bits per heavy atom. The molecule has 82 valence electrons. The topological polar surface area (TPSA) is 15.3 Å². The summed E-state index contributed by atoms with van der Waals surface area (Å²) in [6, 6.07) is 0. The Morgan fingerprint density at radius 1 is 1.36 bits per heavy atom. The van der Waals surface area contributed by atoms with Crippen LogP contribution in [-0.4, -0.2) is 38.1 Å². The fraction of sp³-hybridized carbons (Fsp3) is 0.833. The second-order valence-electron chi connectivity index (χ2n) is 4.27. The van der Waals surface area contributed by atoms with Gasteiger partial charge in [-0.15, -0.1) is 0 Å². The van der Waals surface area contributed by atoms with Crippen LogP contribution in [0.15, 0.2) is 11.6 Å². The zero-order valence-corrected chi connectivity index (χ0v) is 9.68. The molecule has 0 spiro atoms. The summed E-state index contributed by atoms with van der Waals surface area (Å²) >= 11 is 0. The number of nitrogens with zero attached hydrogens (tertiary/aromatic N) is 1. The minimum absolute atomic E-state index is 1.17. The van der Waals surface area contributed by atoms with Gasteiger partial charge in [0.2, 0.25) is 0 Å². The van der Waals surface area contributed by atoms with Crippen LogP contribution in [0, 0.1) is 0 Å². The van der Waals surface area contributed by atoms with E-state index < -0.39 is 0 Å². The Hall–Kier alpha value is -0.340. The zero-order valence-electron chi connectivity index (χ0n) is 9.68. The lowest BCUT2D eigenvalue weighted by atomic mass is 10.1. The highest BCUT2D eigenvalue weighted by Crippen LogP contribution is 2.10. The maximum atomic E-state index is 3.19. The van der Waals surface area contributed by atoms with Crippen LogP contribution in [0.1, 0.15) is 32.6 Å². The van der Waals surface area contributed by atoms with E-state index >= 15 is 0 Å². The molecule has 2 nitrogen and oxygen atoms in total. The number of unbranched alkanes of at least 4 members (excludes halogenated alkanes) is 2. The molecule has 1 aliphatic rings. The number of nitrogens with one attached hydrogen (secondary N) is 1. The van der Waals surface area contributed by atoms with Gasteiger partial charge in [-0.1, -0.05) is 18.1 Å². The summed E-state index contributed by atoms with van der Waals surface area (Å²) in [5, 5.41) is 3.19. The van der Waals surface area contributed by atoms with Crippen LogP contribution in [-0.2, 0) is 0 Å². The predicted molar refractivity (Wildman–Crippen MR) is 62.6 cm³/mol. The van der Waals surface area contributed by atoms with Gasteiger partial charge in [-0.2, -0.15) is 0 Å². The lowest BCUT2D eigenvalue weighted by molar-refractivity contribution is 0.286. The molecule has 0 atom stereocenters. The molecule has 0 aliphatic carbocycles. The van der Waals surface area contributed by atoms with E-state index in [1.165, 1.54) is 51.9 Å². The van der Waals surface area contributed by atoms with E-state index in [-0.39, 0.29) is 0 Å². The largest absolute Gasteiger partial charge is 0.320 e. The summed E-state index contributed by atoms with van der Waals surface area (Å²) in [6.07, 6.45) is 7.68. The summed E-state index contributed by atoms with van der Waals surface area (Å²) in [7, 11) is 2.03. The van der Waals surface area contributed by atoms with Crippen molar-refractivity contribution in [1.29, 1.82) is 0 Å². The fourth-order valence-corrected chi connectivity index (χ4v) is 1.83. The molecule has 0 aromatic rings. The van der Waals surface area contributed by atoms with Gasteiger partial charge in [0.1, 0.15) is 0 Å². The van der Waals surface area contributed by atoms with Crippen molar-refractivity contribution in [2.24, 2.45) is 0 Å². The predicted octanol–water partition coefficient (Wildman–Crippen LogP) is 2.03. The number of hydrogen-bond donors (Lipinski definition) is 1. The molecule has 0 unspecified atom stereocenters. The standard InChI is InChI=1S/C12H24N2/c1-12-6-10-14(11-7-12)9-5-3-4-8-13-2/h6,13H,3-5,7-11H2,1-2H3. The first-order valence-electron chi connectivity index (χ1n) is 5.85. The summed E-state index contributed by atoms with van der Waals surface area (Å²) in [6.45, 7) is 7.14. The molecule has 0 aromatic heterocycles. The molecule has 0 bridgehead atoms. The zero-order chi connectivity index (χ0) is 10.2. The summed E-state index contributed by atoms with van der Waals surface area (Å²) in [4.78, 5) is 2.56. The highest BCUT2D eigenvalue weighted by Gasteiger charge is 2.07. The van der Waals surface area contributed by atoms with Gasteiger partial charge in [0.15, 0.2) is 0 Å². The Balaban J connectivity index is 1.97. The lowest BCUT2D eigenvalue weighted by Crippen LogP contribution is -2.29. The van der Waals surface area contributed by atoms with Gasteiger partial charge in [-0.25, -0.2) is 0 Å². The van der Waals surface area contributed by atoms with Gasteiger partial charge >= 0.3 is 0 Å². The smallest absolute Gasteiger partial charge is 0.0165 e. The highest BCUT2D eigenvalue weighted by molar-refractivity contribution is 5.03. The van der Waals surface area contributed by atoms with E-state index in [2.05, 4.69) is 23.2 Å². The van der Waals surface area contributed by atoms with Gasteiger partial charge in [0.05, 0.1) is 0 Å². The van der Waals surface area contributed by atoms with Crippen molar-refractivity contribution in [3.05, 3.63) is 11.6 Å². The van der Waals surface area contributed by atoms with E-state index in [1.54, 1.807) is 5.57 Å². The molecule has 1 aliphatic heterocycles. The highest BCUT2D eigenvalue weighted by atomic mass is 15.1. The summed E-state index contributed by atoms with van der Waals surface area (Å²) in [5.41, 5.74) is 1.57. The van der Waals surface area contributed by atoms with Crippen molar-refractivity contribution < 1.29 is 0 Å². The summed E-state index contributed by atoms with van der Waals surface area (Å²) in [5.74, 6) is 0. The van der Waals surface area contributed by atoms with E-state index in [0.717, 1.165) is 0 Å². The first-order valence-corrected chi connectivity index (χ1v) is 5.85. The fourth-order valence-electron chi connectivity index (χ4n) is 1.83. The van der Waals surface area contributed by atoms with Gasteiger partial charge in [0.25, 0.3) is 0 Å². The molecule has 0 fully saturated rings. The van der Waals surface area contributed by atoms with Gasteiger partial charge in [-0.3, -0.25) is 4.90 Å². The van der Waals surface area contributed by atoms with Crippen molar-refractivity contribution in [2.45, 2.75) is 32.6 Å². The Morgan fingerprint density at radius 3 is 2.86 bits per heavy atom. The Bertz CT molecular complexity index is 175. The molecule has 0 amide bonds. The molecule has 1 heterocycles. The molecule has 1 N–H and O–H groups in total. The molecule has 0 aromatic carbocycles. The molecule has 2 heteroatoms. The Kier molecular flexibility index (Phi) is 5.88. The van der Waals surface area contributed by atoms with Crippen molar-refractivity contribution in [2.75, 3.05) is 33.2 Å². The minimum atomic E-state index is 1.17. The lowest BCUT2D eigenvalue weighted by Gasteiger charge is -2.24. The molecule has 1 rings (SSSR count). The van der Waals surface area contributed by atoms with Crippen LogP contribution in [0.4, 0.5) is 0 Å². The molecule has 0 saturated carbocycles. The average Bonchev–Trinajstić information content (AvgIpc) is 2.21. The van der Waals surface area contributed by atoms with Crippen molar-refractivity contribution in [1.82, 2.24) is 10.2 Å². The second-order valence-corrected chi connectivity index (χ2v) is 4.27. The first kappa shape index (κ1) is 11.7. The number of hydrogen-bond acceptors (Lipinski definition) is 2. The third-order valence-electron chi connectivity index (χ3n) is 2.92. The average molecular weight is 196 g/mol. The van der Waals surface area contributed by atoms with E-state index in [1.807, 2.05) is 7.05 Å². The van der Waals surface area contributed by atoms with Crippen LogP contribution >= 0.6 is 0 Å². The molecule has 0 saturated heterocycles. The van der Waals surface area contributed by atoms with Gasteiger partial charge < -0.3 is 5.32 Å². The van der Waals surface area contributed by atoms with Crippen LogP contribution in [0.2, 0.25) is 0 Å². The number of rotatable bonds is 6. The van der Waals surface area contributed by atoms with E-state index in [4.69, 9.17) is 0 Å². The maximum absolute atomic E-state index is 3.19. The van der Waals surface area contributed by atoms with Crippen LogP contribution in [0.5, 0.6) is 0 Å². The molecule has 14 heavy (non-hydrogen) atoms. The Labute approximate surface area is 88.4 Å². The normalized spacial score (nSPS) is 18.3. The molecular formula is C12H24N2. The summed E-state index contributed by atoms with van der Waals surface area (Å²) < 4.78 is 0. The van der Waals surface area contributed by atoms with E-state index in [9.17, 15) is 0 Å². The first-order chi connectivity index (χ1) is 6.83. The molecule has 0 radical (unpaired) electrons. The third kappa shape index (κ3) is 4.77. The van der Waals surface area contributed by atoms with Crippen molar-refractivity contribution in [3.63, 3.8) is 0 Å². The molecular weight excluding hydrogens is 172 g/mol. The van der Waals surface area contributed by atoms with Crippen LogP contribution in [0.25, 0.3) is 0 Å². The van der Waals surface area contributed by atoms with Crippen molar-refractivity contribution >= 4 is 0 Å². The van der Waals surface area contributed by atoms with Gasteiger partial charge in [-0.05, 0) is 46.3 Å². The third-order valence-corrected chi connectivity index (χ3v) is 2.92. The van der Waals surface area contributed by atoms with Crippen molar-refractivity contribution in [3.8, 4) is 0 Å². The van der Waals surface area contributed by atoms with Crippen LogP contribution in [0.3, 0.4) is 0 Å². The van der Waals surface area contributed by atoms with Crippen LogP contribution < -0.4 is 5.32 Å². The minimum Gasteiger partial charge on any atom is -0.320 e. The van der Waals surface area contributed by atoms with Gasteiger partial charge in [0, 0.05) is 13.1 Å². The monoisotopic (exact) mass is 196 g/mol. The second kappa shape index (κ2) is 7.02. The van der Waals surface area contributed by atoms with E-state index in [0.29, 0.717) is 0 Å².